The van der Waals surface area contributed by atoms with E-state index < -0.39 is 0 Å². The number of fused-ring (bicyclic) bond motifs is 2. The van der Waals surface area contributed by atoms with Gasteiger partial charge >= 0.3 is 0 Å². The van der Waals surface area contributed by atoms with Crippen LogP contribution in [0.4, 0.5) is 0 Å². The number of aromatic amines is 1. The first kappa shape index (κ1) is 14.2. The maximum Gasteiger partial charge on any atom is 0.292 e. The summed E-state index contributed by atoms with van der Waals surface area (Å²) < 4.78 is 0. The SMILES string of the molecule is O=C(N/N=C1\CCc2ccccc2C1)c1n[nH]c2c1CCCC2. The van der Waals surface area contributed by atoms with E-state index in [4.69, 9.17) is 0 Å². The van der Waals surface area contributed by atoms with Crippen LogP contribution in [-0.4, -0.2) is 21.8 Å². The lowest BCUT2D eigenvalue weighted by Gasteiger charge is -2.17. The summed E-state index contributed by atoms with van der Waals surface area (Å²) >= 11 is 0. The van der Waals surface area contributed by atoms with Gasteiger partial charge in [0.25, 0.3) is 5.91 Å². The summed E-state index contributed by atoms with van der Waals surface area (Å²) in [6.07, 6.45) is 6.91. The Labute approximate surface area is 135 Å². The van der Waals surface area contributed by atoms with Crippen LogP contribution in [0.1, 0.15) is 52.1 Å². The van der Waals surface area contributed by atoms with Crippen LogP contribution in [0.15, 0.2) is 29.4 Å². The first-order chi connectivity index (χ1) is 11.3. The van der Waals surface area contributed by atoms with Crippen molar-refractivity contribution in [3.63, 3.8) is 0 Å². The quantitative estimate of drug-likeness (QED) is 0.837. The Morgan fingerprint density at radius 3 is 2.83 bits per heavy atom. The monoisotopic (exact) mass is 308 g/mol. The molecule has 0 saturated heterocycles. The Morgan fingerprint density at radius 1 is 1.09 bits per heavy atom. The average Bonchev–Trinajstić information content (AvgIpc) is 3.03. The number of hydrazone groups is 1. The number of nitrogens with one attached hydrogen (secondary N) is 2. The van der Waals surface area contributed by atoms with Crippen molar-refractivity contribution in [1.29, 1.82) is 0 Å². The highest BCUT2D eigenvalue weighted by atomic mass is 16.2. The maximum absolute atomic E-state index is 12.4. The van der Waals surface area contributed by atoms with Gasteiger partial charge in [-0.25, -0.2) is 5.43 Å². The van der Waals surface area contributed by atoms with Gasteiger partial charge in [0.15, 0.2) is 5.69 Å². The van der Waals surface area contributed by atoms with E-state index >= 15 is 0 Å². The second-order valence-electron chi connectivity index (χ2n) is 6.30. The molecule has 0 unspecified atom stereocenters. The predicted molar refractivity (Wildman–Crippen MR) is 88.6 cm³/mol. The fourth-order valence-corrected chi connectivity index (χ4v) is 3.51. The van der Waals surface area contributed by atoms with Crippen LogP contribution >= 0.6 is 0 Å². The molecule has 1 heterocycles. The molecule has 118 valence electrons. The van der Waals surface area contributed by atoms with Crippen LogP contribution in [0.25, 0.3) is 0 Å². The fraction of sp³-hybridized carbons (Fsp3) is 0.389. The molecular weight excluding hydrogens is 288 g/mol. The van der Waals surface area contributed by atoms with Gasteiger partial charge in [-0.05, 0) is 49.7 Å². The number of nitrogens with zero attached hydrogens (tertiary/aromatic N) is 2. The first-order valence-corrected chi connectivity index (χ1v) is 8.30. The van der Waals surface area contributed by atoms with Gasteiger partial charge in [-0.15, -0.1) is 0 Å². The van der Waals surface area contributed by atoms with E-state index in [0.29, 0.717) is 5.69 Å². The van der Waals surface area contributed by atoms with Crippen molar-refractivity contribution in [1.82, 2.24) is 15.6 Å². The number of aryl methyl sites for hydroxylation is 2. The third-order valence-electron chi connectivity index (χ3n) is 4.78. The molecule has 0 bridgehead atoms. The molecule has 0 fully saturated rings. The molecule has 5 nitrogen and oxygen atoms in total. The lowest BCUT2D eigenvalue weighted by Crippen LogP contribution is -2.24. The molecule has 2 aromatic rings. The Bertz CT molecular complexity index is 775. The molecule has 0 atom stereocenters. The van der Waals surface area contributed by atoms with Gasteiger partial charge in [-0.3, -0.25) is 9.89 Å². The molecular formula is C18H20N4O. The van der Waals surface area contributed by atoms with Gasteiger partial charge in [-0.1, -0.05) is 24.3 Å². The number of rotatable bonds is 2. The first-order valence-electron chi connectivity index (χ1n) is 8.30. The van der Waals surface area contributed by atoms with Crippen molar-refractivity contribution in [2.75, 3.05) is 0 Å². The molecule has 1 aromatic carbocycles. The standard InChI is InChI=1S/C18H20N4O/c23-18(17-15-7-3-4-8-16(15)20-21-17)22-19-14-10-9-12-5-1-2-6-13(12)11-14/h1-2,5-6H,3-4,7-11H2,(H,20,21)(H,22,23)/b19-14+. The van der Waals surface area contributed by atoms with Crippen LogP contribution in [0.3, 0.4) is 0 Å². The van der Waals surface area contributed by atoms with Crippen molar-refractivity contribution in [3.8, 4) is 0 Å². The molecule has 5 heteroatoms. The fourth-order valence-electron chi connectivity index (χ4n) is 3.51. The van der Waals surface area contributed by atoms with E-state index in [0.717, 1.165) is 61.9 Å². The van der Waals surface area contributed by atoms with Crippen LogP contribution < -0.4 is 5.43 Å². The van der Waals surface area contributed by atoms with Crippen LogP contribution in [0.5, 0.6) is 0 Å². The average molecular weight is 308 g/mol. The van der Waals surface area contributed by atoms with E-state index in [1.165, 1.54) is 11.1 Å². The third kappa shape index (κ3) is 2.79. The number of carbonyl (C=O) groups is 1. The highest BCUT2D eigenvalue weighted by Crippen LogP contribution is 2.22. The summed E-state index contributed by atoms with van der Waals surface area (Å²) in [5, 5.41) is 11.5. The third-order valence-corrected chi connectivity index (χ3v) is 4.78. The van der Waals surface area contributed by atoms with Gasteiger partial charge in [0.2, 0.25) is 0 Å². The van der Waals surface area contributed by atoms with Gasteiger partial charge in [-0.2, -0.15) is 10.2 Å². The molecule has 0 saturated carbocycles. The van der Waals surface area contributed by atoms with Gasteiger partial charge in [0, 0.05) is 23.4 Å². The Morgan fingerprint density at radius 2 is 1.91 bits per heavy atom. The van der Waals surface area contributed by atoms with Crippen molar-refractivity contribution >= 4 is 11.6 Å². The molecule has 2 aliphatic rings. The number of amides is 1. The van der Waals surface area contributed by atoms with Crippen molar-refractivity contribution in [2.45, 2.75) is 44.9 Å². The summed E-state index contributed by atoms with van der Waals surface area (Å²) in [4.78, 5) is 12.4. The number of H-pyrrole nitrogens is 1. The minimum absolute atomic E-state index is 0.198. The molecule has 4 rings (SSSR count). The van der Waals surface area contributed by atoms with E-state index in [2.05, 4.69) is 45.0 Å². The Kier molecular flexibility index (Phi) is 3.69. The second kappa shape index (κ2) is 5.99. The van der Waals surface area contributed by atoms with Gasteiger partial charge < -0.3 is 0 Å². The summed E-state index contributed by atoms with van der Waals surface area (Å²) in [6.45, 7) is 0. The molecule has 2 N–H and O–H groups in total. The van der Waals surface area contributed by atoms with Crippen LogP contribution in [0.2, 0.25) is 0 Å². The molecule has 0 radical (unpaired) electrons. The number of hydrogen-bond donors (Lipinski definition) is 2. The van der Waals surface area contributed by atoms with Gasteiger partial charge in [0.05, 0.1) is 0 Å². The largest absolute Gasteiger partial charge is 0.292 e. The zero-order valence-corrected chi connectivity index (χ0v) is 13.1. The minimum atomic E-state index is -0.198. The number of carbonyl (C=O) groups excluding carboxylic acids is 1. The Balaban J connectivity index is 1.47. The summed E-state index contributed by atoms with van der Waals surface area (Å²) in [7, 11) is 0. The van der Waals surface area contributed by atoms with Gasteiger partial charge in [0.1, 0.15) is 0 Å². The van der Waals surface area contributed by atoms with E-state index in [9.17, 15) is 4.79 Å². The molecule has 0 spiro atoms. The van der Waals surface area contributed by atoms with E-state index in [1.54, 1.807) is 0 Å². The summed E-state index contributed by atoms with van der Waals surface area (Å²) in [5.41, 5.74) is 9.13. The Hall–Kier alpha value is -2.43. The lowest BCUT2D eigenvalue weighted by atomic mass is 9.90. The lowest BCUT2D eigenvalue weighted by molar-refractivity contribution is 0.0948. The number of benzene rings is 1. The van der Waals surface area contributed by atoms with Crippen molar-refractivity contribution < 1.29 is 4.79 Å². The van der Waals surface area contributed by atoms with Crippen molar-refractivity contribution in [3.05, 3.63) is 52.3 Å². The number of hydrogen-bond acceptors (Lipinski definition) is 3. The number of aromatic nitrogens is 2. The molecule has 1 aromatic heterocycles. The maximum atomic E-state index is 12.4. The topological polar surface area (TPSA) is 70.1 Å². The highest BCUT2D eigenvalue weighted by molar-refractivity contribution is 5.96. The minimum Gasteiger partial charge on any atom is -0.281 e. The van der Waals surface area contributed by atoms with Crippen LogP contribution in [0, 0.1) is 0 Å². The van der Waals surface area contributed by atoms with E-state index in [1.807, 2.05) is 0 Å². The zero-order valence-electron chi connectivity index (χ0n) is 13.1. The molecule has 2 aliphatic carbocycles. The molecule has 23 heavy (non-hydrogen) atoms. The second-order valence-corrected chi connectivity index (χ2v) is 6.30. The predicted octanol–water partition coefficient (Wildman–Crippen LogP) is 2.56. The normalized spacial score (nSPS) is 18.3. The zero-order chi connectivity index (χ0) is 15.6. The summed E-state index contributed by atoms with van der Waals surface area (Å²) in [5.74, 6) is -0.198. The van der Waals surface area contributed by atoms with Crippen LogP contribution in [-0.2, 0) is 25.7 Å². The highest BCUT2D eigenvalue weighted by Gasteiger charge is 2.22. The smallest absolute Gasteiger partial charge is 0.281 e. The molecule has 0 aliphatic heterocycles. The van der Waals surface area contributed by atoms with E-state index in [-0.39, 0.29) is 5.91 Å². The molecule has 1 amide bonds. The van der Waals surface area contributed by atoms with Crippen molar-refractivity contribution in [2.24, 2.45) is 5.10 Å². The summed E-state index contributed by atoms with van der Waals surface area (Å²) in [6, 6.07) is 8.43.